The molecule has 218 valence electrons. The van der Waals surface area contributed by atoms with Gasteiger partial charge in [-0.3, -0.25) is 9.59 Å². The Balaban J connectivity index is 1.46. The zero-order valence-corrected chi connectivity index (χ0v) is 24.0. The maximum absolute atomic E-state index is 13.6. The number of pyridine rings is 1. The highest BCUT2D eigenvalue weighted by atomic mass is 35.5. The number of thiophene rings is 1. The molecule has 13 heteroatoms. The highest BCUT2D eigenvalue weighted by Crippen LogP contribution is 2.44. The van der Waals surface area contributed by atoms with Gasteiger partial charge in [-0.05, 0) is 66.4 Å². The van der Waals surface area contributed by atoms with Crippen molar-refractivity contribution >= 4 is 50.7 Å². The number of halogens is 4. The maximum Gasteiger partial charge on any atom is 0.433 e. The number of rotatable bonds is 8. The van der Waals surface area contributed by atoms with Crippen LogP contribution >= 0.6 is 22.9 Å². The number of nitrogens with zero attached hydrogens (tertiary/aromatic N) is 1. The van der Waals surface area contributed by atoms with Crippen molar-refractivity contribution in [1.29, 1.82) is 0 Å². The number of fused-ring (bicyclic) bond motifs is 1. The number of primary amides is 1. The van der Waals surface area contributed by atoms with Crippen LogP contribution in [0.4, 0.5) is 18.9 Å². The number of anilines is 1. The SMILES string of the molecule is Cc1cc(OCc2ccc(C(=O)Nc3c(C(N)=O)sc4nc(C(F)(F)F)cc(-c5ccco5)c34)o2)c(C(C)C)cc1Cl. The Morgan fingerprint density at radius 2 is 1.95 bits per heavy atom. The zero-order valence-electron chi connectivity index (χ0n) is 22.4. The standard InChI is InChI=1S/C29H23ClF3N3O5S/c1-13(2)16-10-18(30)14(3)9-21(16)40-12-15-6-7-20(41-15)27(38)36-24-23-17(19-5-4-8-39-19)11-22(29(31,32)33)35-28(23)42-25(24)26(34)37/h4-11,13H,12H2,1-3H3,(H2,34,37)(H,36,38). The number of aryl methyl sites for hydroxylation is 1. The highest BCUT2D eigenvalue weighted by Gasteiger charge is 2.35. The number of nitrogens with two attached hydrogens (primary N) is 1. The van der Waals surface area contributed by atoms with Gasteiger partial charge in [0, 0.05) is 16.0 Å². The smallest absolute Gasteiger partial charge is 0.433 e. The first kappa shape index (κ1) is 29.2. The summed E-state index contributed by atoms with van der Waals surface area (Å²) in [6.07, 6.45) is -3.49. The first-order valence-electron chi connectivity index (χ1n) is 12.5. The summed E-state index contributed by atoms with van der Waals surface area (Å²) in [5.41, 5.74) is 5.97. The molecule has 0 saturated carbocycles. The van der Waals surface area contributed by atoms with Gasteiger partial charge >= 0.3 is 6.18 Å². The third-order valence-corrected chi connectivity index (χ3v) is 7.88. The number of furan rings is 2. The Morgan fingerprint density at radius 1 is 1.19 bits per heavy atom. The van der Waals surface area contributed by atoms with Crippen LogP contribution in [-0.4, -0.2) is 16.8 Å². The van der Waals surface area contributed by atoms with E-state index < -0.39 is 23.7 Å². The molecule has 4 aromatic heterocycles. The molecular weight excluding hydrogens is 595 g/mol. The van der Waals surface area contributed by atoms with Gasteiger partial charge in [0.1, 0.15) is 39.3 Å². The van der Waals surface area contributed by atoms with E-state index in [2.05, 4.69) is 10.3 Å². The van der Waals surface area contributed by atoms with Crippen LogP contribution < -0.4 is 15.8 Å². The van der Waals surface area contributed by atoms with Crippen molar-refractivity contribution in [3.63, 3.8) is 0 Å². The second kappa shape index (κ2) is 11.2. The van der Waals surface area contributed by atoms with E-state index in [1.165, 1.54) is 24.5 Å². The van der Waals surface area contributed by atoms with Gasteiger partial charge < -0.3 is 24.6 Å². The Hall–Kier alpha value is -4.29. The second-order valence-corrected chi connectivity index (χ2v) is 11.1. The van der Waals surface area contributed by atoms with Crippen molar-refractivity contribution in [1.82, 2.24) is 4.98 Å². The van der Waals surface area contributed by atoms with Crippen LogP contribution in [0.3, 0.4) is 0 Å². The third kappa shape index (κ3) is 5.72. The molecule has 3 N–H and O–H groups in total. The molecule has 0 aliphatic carbocycles. The van der Waals surface area contributed by atoms with Gasteiger partial charge in [0.15, 0.2) is 5.76 Å². The number of nitrogens with one attached hydrogen (secondary N) is 1. The Bertz CT molecular complexity index is 1810. The fraction of sp³-hybridized carbons (Fsp3) is 0.207. The molecule has 0 radical (unpaired) electrons. The first-order chi connectivity index (χ1) is 19.8. The number of benzene rings is 1. The number of hydrogen-bond acceptors (Lipinski definition) is 7. The normalized spacial score (nSPS) is 11.8. The number of alkyl halides is 3. The molecule has 0 saturated heterocycles. The molecule has 5 rings (SSSR count). The van der Waals surface area contributed by atoms with Gasteiger partial charge in [0.2, 0.25) is 0 Å². The summed E-state index contributed by atoms with van der Waals surface area (Å²) in [5, 5.41) is 3.27. The molecule has 0 aliphatic heterocycles. The molecule has 1 aromatic carbocycles. The molecule has 0 aliphatic rings. The number of amides is 2. The summed E-state index contributed by atoms with van der Waals surface area (Å²) in [4.78, 5) is 28.9. The van der Waals surface area contributed by atoms with Crippen LogP contribution in [0.5, 0.6) is 5.75 Å². The van der Waals surface area contributed by atoms with Crippen LogP contribution in [0, 0.1) is 6.92 Å². The lowest BCUT2D eigenvalue weighted by Crippen LogP contribution is -2.16. The Labute approximate surface area is 246 Å². The van der Waals surface area contributed by atoms with E-state index in [4.69, 9.17) is 30.9 Å². The number of carbonyl (C=O) groups excluding carboxylic acids is 2. The second-order valence-electron chi connectivity index (χ2n) is 9.68. The number of ether oxygens (including phenoxy) is 1. The monoisotopic (exact) mass is 617 g/mol. The van der Waals surface area contributed by atoms with Crippen LogP contribution in [0.1, 0.15) is 62.6 Å². The highest BCUT2D eigenvalue weighted by molar-refractivity contribution is 7.21. The Kier molecular flexibility index (Phi) is 7.78. The lowest BCUT2D eigenvalue weighted by molar-refractivity contribution is -0.140. The summed E-state index contributed by atoms with van der Waals surface area (Å²) in [7, 11) is 0. The van der Waals surface area contributed by atoms with Gasteiger partial charge in [-0.25, -0.2) is 4.98 Å². The molecule has 2 amide bonds. The predicted molar refractivity (Wildman–Crippen MR) is 152 cm³/mol. The molecular formula is C29H23ClF3N3O5S. The summed E-state index contributed by atoms with van der Waals surface area (Å²) < 4.78 is 57.9. The maximum atomic E-state index is 13.6. The molecule has 0 bridgehead atoms. The largest absolute Gasteiger partial charge is 0.485 e. The van der Waals surface area contributed by atoms with Crippen molar-refractivity contribution in [3.8, 4) is 17.1 Å². The molecule has 0 atom stereocenters. The molecule has 0 spiro atoms. The van der Waals surface area contributed by atoms with Gasteiger partial charge in [-0.1, -0.05) is 25.4 Å². The molecule has 5 aromatic rings. The number of hydrogen-bond donors (Lipinski definition) is 2. The lowest BCUT2D eigenvalue weighted by Gasteiger charge is -2.15. The van der Waals surface area contributed by atoms with Crippen molar-refractivity contribution < 1.29 is 36.3 Å². The minimum atomic E-state index is -4.77. The Morgan fingerprint density at radius 3 is 2.60 bits per heavy atom. The van der Waals surface area contributed by atoms with E-state index in [0.29, 0.717) is 27.9 Å². The molecule has 0 unspecified atom stereocenters. The first-order valence-corrected chi connectivity index (χ1v) is 13.7. The van der Waals surface area contributed by atoms with E-state index in [0.717, 1.165) is 17.2 Å². The average Bonchev–Trinajstić information content (AvgIpc) is 3.68. The van der Waals surface area contributed by atoms with Crippen LogP contribution in [0.25, 0.3) is 21.5 Å². The van der Waals surface area contributed by atoms with E-state index >= 15 is 0 Å². The topological polar surface area (TPSA) is 121 Å². The van der Waals surface area contributed by atoms with Crippen molar-refractivity contribution in [3.05, 3.63) is 87.0 Å². The molecule has 8 nitrogen and oxygen atoms in total. The van der Waals surface area contributed by atoms with Crippen molar-refractivity contribution in [2.24, 2.45) is 5.73 Å². The fourth-order valence-electron chi connectivity index (χ4n) is 4.31. The van der Waals surface area contributed by atoms with Gasteiger partial charge in [0.05, 0.1) is 12.0 Å². The van der Waals surface area contributed by atoms with Crippen LogP contribution in [0.2, 0.25) is 5.02 Å². The minimum absolute atomic E-state index is 0.00870. The quantitative estimate of drug-likeness (QED) is 0.181. The van der Waals surface area contributed by atoms with E-state index in [9.17, 15) is 22.8 Å². The van der Waals surface area contributed by atoms with Gasteiger partial charge in [0.25, 0.3) is 11.8 Å². The molecule has 0 fully saturated rings. The molecule has 4 heterocycles. The van der Waals surface area contributed by atoms with Crippen LogP contribution in [0.15, 0.2) is 57.6 Å². The average molecular weight is 618 g/mol. The van der Waals surface area contributed by atoms with E-state index in [1.54, 1.807) is 6.07 Å². The zero-order chi connectivity index (χ0) is 30.3. The predicted octanol–water partition coefficient (Wildman–Crippen LogP) is 8.18. The van der Waals surface area contributed by atoms with E-state index in [1.807, 2.05) is 32.9 Å². The molecule has 42 heavy (non-hydrogen) atoms. The number of carbonyl (C=O) groups is 2. The van der Waals surface area contributed by atoms with E-state index in [-0.39, 0.29) is 50.4 Å². The van der Waals surface area contributed by atoms with Gasteiger partial charge in [-0.15, -0.1) is 11.3 Å². The summed E-state index contributed by atoms with van der Waals surface area (Å²) >= 11 is 6.90. The van der Waals surface area contributed by atoms with Crippen molar-refractivity contribution in [2.75, 3.05) is 5.32 Å². The van der Waals surface area contributed by atoms with Crippen LogP contribution in [-0.2, 0) is 12.8 Å². The lowest BCUT2D eigenvalue weighted by atomic mass is 10.0. The summed E-state index contributed by atoms with van der Waals surface area (Å²) in [6, 6.07) is 10.4. The minimum Gasteiger partial charge on any atom is -0.485 e. The third-order valence-electron chi connectivity index (χ3n) is 6.37. The number of aromatic nitrogens is 1. The summed E-state index contributed by atoms with van der Waals surface area (Å²) in [5.74, 6) is -0.670. The fourth-order valence-corrected chi connectivity index (χ4v) is 5.49. The van der Waals surface area contributed by atoms with Crippen molar-refractivity contribution in [2.45, 2.75) is 39.5 Å². The van der Waals surface area contributed by atoms with Gasteiger partial charge in [-0.2, -0.15) is 13.2 Å². The summed E-state index contributed by atoms with van der Waals surface area (Å²) in [6.45, 7) is 5.89.